The van der Waals surface area contributed by atoms with Crippen LogP contribution in [0, 0.1) is 0 Å². The van der Waals surface area contributed by atoms with Crippen LogP contribution in [0.25, 0.3) is 0 Å². The highest BCUT2D eigenvalue weighted by atomic mass is 32.2. The maximum Gasteiger partial charge on any atom is 0.175 e. The van der Waals surface area contributed by atoms with Crippen molar-refractivity contribution < 1.29 is 17.6 Å². The van der Waals surface area contributed by atoms with Gasteiger partial charge in [-0.05, 0) is 25.1 Å². The van der Waals surface area contributed by atoms with Crippen molar-refractivity contribution in [3.63, 3.8) is 0 Å². The Kier molecular flexibility index (Phi) is 4.59. The van der Waals surface area contributed by atoms with E-state index in [1.165, 1.54) is 6.26 Å². The van der Waals surface area contributed by atoms with Gasteiger partial charge in [0.2, 0.25) is 0 Å². The van der Waals surface area contributed by atoms with Gasteiger partial charge >= 0.3 is 0 Å². The number of hydrogen-bond acceptors (Lipinski definition) is 5. The quantitative estimate of drug-likeness (QED) is 0.345. The zero-order chi connectivity index (χ0) is 11.3. The summed E-state index contributed by atoms with van der Waals surface area (Å²) in [7, 11) is -3.17. The molecule has 0 aliphatic rings. The summed E-state index contributed by atoms with van der Waals surface area (Å²) in [5, 5.41) is 0. The lowest BCUT2D eigenvalue weighted by Crippen LogP contribution is -1.96. The largest absolute Gasteiger partial charge is 0.224 e. The second kappa shape index (κ2) is 5.50. The molecule has 0 saturated heterocycles. The van der Waals surface area contributed by atoms with E-state index in [0.717, 1.165) is 12.0 Å². The molecule has 0 heterocycles. The molecule has 0 aliphatic carbocycles. The van der Waals surface area contributed by atoms with Crippen molar-refractivity contribution in [2.75, 3.05) is 12.9 Å². The summed E-state index contributed by atoms with van der Waals surface area (Å²) in [4.78, 5) is 5.63. The lowest BCUT2D eigenvalue weighted by atomic mass is 10.4. The van der Waals surface area contributed by atoms with E-state index in [1.54, 1.807) is 31.2 Å². The molecular formula is C9H12O4S2. The van der Waals surface area contributed by atoms with Crippen LogP contribution in [-0.4, -0.2) is 21.3 Å². The highest BCUT2D eigenvalue weighted by Crippen LogP contribution is 2.22. The molecule has 0 bridgehead atoms. The predicted molar refractivity (Wildman–Crippen MR) is 58.1 cm³/mol. The Morgan fingerprint density at radius 1 is 1.40 bits per heavy atom. The highest BCUT2D eigenvalue weighted by molar-refractivity contribution is 7.94. The van der Waals surface area contributed by atoms with Gasteiger partial charge in [-0.2, -0.15) is 4.33 Å². The molecule has 15 heavy (non-hydrogen) atoms. The van der Waals surface area contributed by atoms with Gasteiger partial charge in [0.25, 0.3) is 0 Å². The highest BCUT2D eigenvalue weighted by Gasteiger charge is 2.07. The minimum atomic E-state index is -3.17. The molecule has 0 spiro atoms. The van der Waals surface area contributed by atoms with E-state index in [4.69, 9.17) is 4.33 Å². The average molecular weight is 248 g/mol. The molecule has 0 fully saturated rings. The standard InChI is InChI=1S/C9H12O4S2/c1-3-12-13-14-8-5-4-6-9(7-8)15(2,10)11/h4-7H,3H2,1-2H3. The van der Waals surface area contributed by atoms with Crippen LogP contribution in [0.15, 0.2) is 34.1 Å². The molecule has 0 unspecified atom stereocenters. The van der Waals surface area contributed by atoms with E-state index in [1.807, 2.05) is 0 Å². The van der Waals surface area contributed by atoms with Gasteiger partial charge in [0.15, 0.2) is 9.84 Å². The van der Waals surface area contributed by atoms with Crippen molar-refractivity contribution in [1.82, 2.24) is 0 Å². The Morgan fingerprint density at radius 3 is 2.73 bits per heavy atom. The minimum absolute atomic E-state index is 0.271. The molecule has 1 aromatic rings. The summed E-state index contributed by atoms with van der Waals surface area (Å²) in [6.45, 7) is 2.24. The van der Waals surface area contributed by atoms with Crippen LogP contribution in [0.2, 0.25) is 0 Å². The van der Waals surface area contributed by atoms with Gasteiger partial charge in [-0.1, -0.05) is 6.07 Å². The number of sulfone groups is 1. The molecule has 0 amide bonds. The molecule has 0 aromatic heterocycles. The smallest absolute Gasteiger partial charge is 0.175 e. The van der Waals surface area contributed by atoms with Crippen molar-refractivity contribution >= 4 is 21.9 Å². The minimum Gasteiger partial charge on any atom is -0.224 e. The molecule has 0 radical (unpaired) electrons. The molecule has 4 nitrogen and oxygen atoms in total. The molecular weight excluding hydrogens is 236 g/mol. The summed E-state index contributed by atoms with van der Waals surface area (Å²) in [5.41, 5.74) is 0. The molecule has 84 valence electrons. The van der Waals surface area contributed by atoms with Gasteiger partial charge in [0, 0.05) is 11.2 Å². The first-order chi connectivity index (χ1) is 7.04. The van der Waals surface area contributed by atoms with Gasteiger partial charge in [0.05, 0.1) is 23.5 Å². The molecule has 6 heteroatoms. The fourth-order valence-corrected chi connectivity index (χ4v) is 2.14. The maximum absolute atomic E-state index is 11.2. The van der Waals surface area contributed by atoms with Crippen LogP contribution in [0.1, 0.15) is 6.92 Å². The Hall–Kier alpha value is -0.560. The van der Waals surface area contributed by atoms with Crippen LogP contribution in [-0.2, 0) is 19.1 Å². The van der Waals surface area contributed by atoms with E-state index >= 15 is 0 Å². The Labute approximate surface area is 93.6 Å². The summed E-state index contributed by atoms with van der Waals surface area (Å²) in [6.07, 6.45) is 1.17. The summed E-state index contributed by atoms with van der Waals surface area (Å²) >= 11 is 0.989. The zero-order valence-electron chi connectivity index (χ0n) is 8.47. The third-order valence-electron chi connectivity index (χ3n) is 1.53. The molecule has 0 atom stereocenters. The Bertz CT molecular complexity index is 414. The van der Waals surface area contributed by atoms with Crippen LogP contribution in [0.4, 0.5) is 0 Å². The fourth-order valence-electron chi connectivity index (χ4n) is 0.868. The molecule has 0 saturated carbocycles. The normalized spacial score (nSPS) is 11.6. The van der Waals surface area contributed by atoms with Gasteiger partial charge in [-0.25, -0.2) is 13.3 Å². The van der Waals surface area contributed by atoms with E-state index < -0.39 is 9.84 Å². The van der Waals surface area contributed by atoms with E-state index in [0.29, 0.717) is 11.5 Å². The summed E-state index contributed by atoms with van der Waals surface area (Å²) < 4.78 is 27.2. The average Bonchev–Trinajstić information content (AvgIpc) is 2.17. The lowest BCUT2D eigenvalue weighted by molar-refractivity contribution is -0.185. The summed E-state index contributed by atoms with van der Waals surface area (Å²) in [6, 6.07) is 6.49. The Morgan fingerprint density at radius 2 is 2.13 bits per heavy atom. The van der Waals surface area contributed by atoms with Crippen LogP contribution >= 0.6 is 12.0 Å². The Balaban J connectivity index is 2.75. The van der Waals surface area contributed by atoms with Crippen molar-refractivity contribution in [3.05, 3.63) is 24.3 Å². The van der Waals surface area contributed by atoms with Crippen LogP contribution in [0.5, 0.6) is 0 Å². The van der Waals surface area contributed by atoms with E-state index in [-0.39, 0.29) is 4.90 Å². The van der Waals surface area contributed by atoms with Crippen LogP contribution < -0.4 is 0 Å². The SMILES string of the molecule is CCOOSc1cccc(S(C)(=O)=O)c1. The first-order valence-electron chi connectivity index (χ1n) is 4.30. The van der Waals surface area contributed by atoms with Crippen molar-refractivity contribution in [2.24, 2.45) is 0 Å². The third-order valence-corrected chi connectivity index (χ3v) is 3.25. The van der Waals surface area contributed by atoms with Crippen molar-refractivity contribution in [1.29, 1.82) is 0 Å². The second-order valence-corrected chi connectivity index (χ2v) is 5.59. The number of hydrogen-bond donors (Lipinski definition) is 0. The zero-order valence-corrected chi connectivity index (χ0v) is 10.1. The monoisotopic (exact) mass is 248 g/mol. The van der Waals surface area contributed by atoms with Gasteiger partial charge in [-0.3, -0.25) is 0 Å². The van der Waals surface area contributed by atoms with Gasteiger partial charge in [0.1, 0.15) is 0 Å². The predicted octanol–water partition coefficient (Wildman–Crippen LogP) is 2.07. The van der Waals surface area contributed by atoms with Crippen molar-refractivity contribution in [2.45, 2.75) is 16.7 Å². The molecule has 0 N–H and O–H groups in total. The van der Waals surface area contributed by atoms with E-state index in [2.05, 4.69) is 4.89 Å². The van der Waals surface area contributed by atoms with Gasteiger partial charge < -0.3 is 0 Å². The molecule has 0 aliphatic heterocycles. The van der Waals surface area contributed by atoms with Crippen molar-refractivity contribution in [3.8, 4) is 0 Å². The topological polar surface area (TPSA) is 52.6 Å². The number of benzene rings is 1. The first kappa shape index (κ1) is 12.5. The molecule has 1 rings (SSSR count). The van der Waals surface area contributed by atoms with Gasteiger partial charge in [-0.15, -0.1) is 0 Å². The second-order valence-electron chi connectivity index (χ2n) is 2.80. The van der Waals surface area contributed by atoms with E-state index in [9.17, 15) is 8.42 Å². The van der Waals surface area contributed by atoms with Crippen LogP contribution in [0.3, 0.4) is 0 Å². The summed E-state index contributed by atoms with van der Waals surface area (Å²) in [5.74, 6) is 0. The number of rotatable bonds is 5. The maximum atomic E-state index is 11.2. The lowest BCUT2D eigenvalue weighted by Gasteiger charge is -2.02. The molecule has 1 aromatic carbocycles. The third kappa shape index (κ3) is 4.21. The first-order valence-corrected chi connectivity index (χ1v) is 6.93. The fraction of sp³-hybridized carbons (Fsp3) is 0.333.